The van der Waals surface area contributed by atoms with Crippen molar-refractivity contribution >= 4 is 28.8 Å². The minimum absolute atomic E-state index is 0.00343. The fourth-order valence-corrected chi connectivity index (χ4v) is 7.68. The Morgan fingerprint density at radius 1 is 1.02 bits per heavy atom. The zero-order valence-corrected chi connectivity index (χ0v) is 27.9. The van der Waals surface area contributed by atoms with Crippen LogP contribution in [0.1, 0.15) is 47.9 Å². The number of anilines is 1. The van der Waals surface area contributed by atoms with Crippen LogP contribution in [0.15, 0.2) is 66.2 Å². The van der Waals surface area contributed by atoms with Crippen molar-refractivity contribution in [1.29, 1.82) is 0 Å². The molecular formula is C38H45ClN4O3. The lowest BCUT2D eigenvalue weighted by atomic mass is 9.83. The van der Waals surface area contributed by atoms with Crippen molar-refractivity contribution in [3.05, 3.63) is 93.5 Å². The molecule has 3 aromatic rings. The Bertz CT molecular complexity index is 1620. The first-order valence-electron chi connectivity index (χ1n) is 16.8. The van der Waals surface area contributed by atoms with Gasteiger partial charge in [-0.05, 0) is 97.7 Å². The van der Waals surface area contributed by atoms with E-state index >= 15 is 0 Å². The number of carbonyl (C=O) groups is 1. The van der Waals surface area contributed by atoms with E-state index in [2.05, 4.69) is 57.7 Å². The molecule has 3 fully saturated rings. The second kappa shape index (κ2) is 13.3. The highest BCUT2D eigenvalue weighted by molar-refractivity contribution is 6.32. The van der Waals surface area contributed by atoms with Gasteiger partial charge >= 0.3 is 0 Å². The third-order valence-electron chi connectivity index (χ3n) is 10.2. The highest BCUT2D eigenvalue weighted by Gasteiger charge is 2.41. The third kappa shape index (κ3) is 6.51. The number of halogens is 1. The minimum Gasteiger partial charge on any atom is -0.496 e. The number of nitrogens with zero attached hydrogens (tertiary/aromatic N) is 2. The van der Waals surface area contributed by atoms with E-state index in [1.807, 2.05) is 37.3 Å². The van der Waals surface area contributed by atoms with Crippen LogP contribution >= 0.6 is 11.6 Å². The predicted molar refractivity (Wildman–Crippen MR) is 185 cm³/mol. The molecule has 0 aromatic heterocycles. The standard InChI is InChI=1S/C38H45ClN4O3/c1-24-7-14-36(33(39)17-24)46-23-26-15-16-42(21-26)30-10-8-27(9-11-30)32-18-29-19-40-20-34(41-29)37(32)38(44)43(31-12-13-31)22-28-5-4-6-35(45-3)25(28)2/h4-11,14,17,26,29,31,34,40-41H,12-13,15-16,18-23H2,1-3H3/t26-,29+,34+/m1/s1. The molecule has 3 atom stereocenters. The van der Waals surface area contributed by atoms with Crippen LogP contribution in [0.2, 0.25) is 5.02 Å². The van der Waals surface area contributed by atoms with Crippen LogP contribution in [0.25, 0.3) is 5.57 Å². The lowest BCUT2D eigenvalue weighted by Crippen LogP contribution is -2.60. The summed E-state index contributed by atoms with van der Waals surface area (Å²) in [6.07, 6.45) is 4.04. The summed E-state index contributed by atoms with van der Waals surface area (Å²) in [5, 5.41) is 8.01. The summed E-state index contributed by atoms with van der Waals surface area (Å²) in [6, 6.07) is 21.6. The smallest absolute Gasteiger partial charge is 0.252 e. The number of hydrogen-bond acceptors (Lipinski definition) is 6. The van der Waals surface area contributed by atoms with Gasteiger partial charge in [-0.25, -0.2) is 0 Å². The van der Waals surface area contributed by atoms with Crippen LogP contribution in [0.5, 0.6) is 11.5 Å². The maximum Gasteiger partial charge on any atom is 0.252 e. The SMILES string of the molecule is COc1cccc(CN(C(=O)C2=C(c3ccc(N4CC[C@@H](COc5ccc(C)cc5Cl)C4)cc3)C[C@H]3CNC[C@@H]2N3)C2CC2)c1C. The molecule has 1 amide bonds. The van der Waals surface area contributed by atoms with Gasteiger partial charge < -0.3 is 29.9 Å². The number of piperazine rings is 1. The number of amides is 1. The molecule has 2 bridgehead atoms. The molecule has 3 aromatic carbocycles. The maximum atomic E-state index is 14.6. The van der Waals surface area contributed by atoms with Crippen molar-refractivity contribution in [3.63, 3.8) is 0 Å². The molecular weight excluding hydrogens is 596 g/mol. The zero-order valence-electron chi connectivity index (χ0n) is 27.2. The van der Waals surface area contributed by atoms with E-state index in [9.17, 15) is 4.79 Å². The van der Waals surface area contributed by atoms with E-state index in [0.717, 1.165) is 91.2 Å². The Labute approximate surface area is 277 Å². The fraction of sp³-hybridized carbons (Fsp3) is 0.447. The van der Waals surface area contributed by atoms with Crippen LogP contribution < -0.4 is 25.0 Å². The molecule has 1 aliphatic carbocycles. The summed E-state index contributed by atoms with van der Waals surface area (Å²) in [7, 11) is 1.71. The Morgan fingerprint density at radius 3 is 2.61 bits per heavy atom. The van der Waals surface area contributed by atoms with Crippen LogP contribution in [-0.4, -0.2) is 68.8 Å². The molecule has 0 spiro atoms. The van der Waals surface area contributed by atoms with Gasteiger partial charge in [0, 0.05) is 62.0 Å². The monoisotopic (exact) mass is 640 g/mol. The van der Waals surface area contributed by atoms with Gasteiger partial charge in [0.2, 0.25) is 0 Å². The maximum absolute atomic E-state index is 14.6. The van der Waals surface area contributed by atoms with Gasteiger partial charge in [0.15, 0.2) is 0 Å². The minimum atomic E-state index is 0.00343. The summed E-state index contributed by atoms with van der Waals surface area (Å²) < 4.78 is 11.7. The second-order valence-corrected chi connectivity index (χ2v) is 13.9. The highest BCUT2D eigenvalue weighted by Crippen LogP contribution is 2.38. The van der Waals surface area contributed by atoms with E-state index in [0.29, 0.717) is 30.1 Å². The number of carbonyl (C=O) groups excluding carboxylic acids is 1. The van der Waals surface area contributed by atoms with Gasteiger partial charge in [-0.3, -0.25) is 4.79 Å². The second-order valence-electron chi connectivity index (χ2n) is 13.5. The quantitative estimate of drug-likeness (QED) is 0.277. The summed E-state index contributed by atoms with van der Waals surface area (Å²) in [5.74, 6) is 2.24. The van der Waals surface area contributed by atoms with Gasteiger partial charge in [-0.1, -0.05) is 41.9 Å². The van der Waals surface area contributed by atoms with E-state index < -0.39 is 0 Å². The molecule has 0 radical (unpaired) electrons. The number of ether oxygens (including phenoxy) is 2. The average molecular weight is 641 g/mol. The van der Waals surface area contributed by atoms with Crippen molar-refractivity contribution in [2.45, 2.75) is 64.2 Å². The summed E-state index contributed by atoms with van der Waals surface area (Å²) in [5.41, 5.74) is 7.88. The summed E-state index contributed by atoms with van der Waals surface area (Å²) in [6.45, 7) is 9.01. The largest absolute Gasteiger partial charge is 0.496 e. The molecule has 3 heterocycles. The van der Waals surface area contributed by atoms with Crippen LogP contribution in [0.3, 0.4) is 0 Å². The van der Waals surface area contributed by atoms with E-state index in [1.54, 1.807) is 7.11 Å². The Kier molecular flexibility index (Phi) is 8.99. The number of methoxy groups -OCH3 is 1. The van der Waals surface area contributed by atoms with Crippen molar-refractivity contribution in [2.75, 3.05) is 44.8 Å². The number of fused-ring (bicyclic) bond motifs is 2. The van der Waals surface area contributed by atoms with Crippen LogP contribution in [0, 0.1) is 19.8 Å². The molecule has 0 unspecified atom stereocenters. The number of nitrogens with one attached hydrogen (secondary N) is 2. The normalized spacial score (nSPS) is 22.6. The Hall–Kier alpha value is -3.52. The Morgan fingerprint density at radius 2 is 1.85 bits per heavy atom. The first-order chi connectivity index (χ1) is 22.4. The first-order valence-corrected chi connectivity index (χ1v) is 17.1. The van der Waals surface area contributed by atoms with Crippen molar-refractivity contribution in [3.8, 4) is 11.5 Å². The number of benzene rings is 3. The van der Waals surface area contributed by atoms with Crippen molar-refractivity contribution in [1.82, 2.24) is 15.5 Å². The van der Waals surface area contributed by atoms with Crippen LogP contribution in [-0.2, 0) is 11.3 Å². The molecule has 2 saturated heterocycles. The molecule has 2 N–H and O–H groups in total. The zero-order chi connectivity index (χ0) is 31.8. The lowest BCUT2D eigenvalue weighted by molar-refractivity contribution is -0.128. The van der Waals surface area contributed by atoms with Gasteiger partial charge in [-0.15, -0.1) is 0 Å². The van der Waals surface area contributed by atoms with Gasteiger partial charge in [-0.2, -0.15) is 0 Å². The fourth-order valence-electron chi connectivity index (χ4n) is 7.39. The average Bonchev–Trinajstić information content (AvgIpc) is 3.79. The molecule has 242 valence electrons. The highest BCUT2D eigenvalue weighted by atomic mass is 35.5. The molecule has 3 aliphatic heterocycles. The van der Waals surface area contributed by atoms with Gasteiger partial charge in [0.1, 0.15) is 11.5 Å². The van der Waals surface area contributed by atoms with Crippen molar-refractivity contribution < 1.29 is 14.3 Å². The van der Waals surface area contributed by atoms with Crippen LogP contribution in [0.4, 0.5) is 5.69 Å². The van der Waals surface area contributed by atoms with Gasteiger partial charge in [0.05, 0.1) is 24.8 Å². The Balaban J connectivity index is 1.10. The number of rotatable bonds is 10. The first kappa shape index (κ1) is 31.1. The molecule has 8 heteroatoms. The number of aryl methyl sites for hydroxylation is 1. The topological polar surface area (TPSA) is 66.1 Å². The lowest BCUT2D eigenvalue weighted by Gasteiger charge is -2.41. The van der Waals surface area contributed by atoms with E-state index in [1.165, 1.54) is 11.3 Å². The van der Waals surface area contributed by atoms with E-state index in [-0.39, 0.29) is 18.0 Å². The molecule has 1 saturated carbocycles. The molecule has 46 heavy (non-hydrogen) atoms. The van der Waals surface area contributed by atoms with Gasteiger partial charge in [0.25, 0.3) is 5.91 Å². The third-order valence-corrected chi connectivity index (χ3v) is 10.5. The molecule has 7 rings (SSSR count). The molecule has 4 aliphatic rings. The van der Waals surface area contributed by atoms with Crippen molar-refractivity contribution in [2.24, 2.45) is 5.92 Å². The summed E-state index contributed by atoms with van der Waals surface area (Å²) >= 11 is 6.39. The number of hydrogen-bond donors (Lipinski definition) is 2. The summed E-state index contributed by atoms with van der Waals surface area (Å²) in [4.78, 5) is 19.2. The molecule has 7 nitrogen and oxygen atoms in total. The predicted octanol–water partition coefficient (Wildman–Crippen LogP) is 6.15. The van der Waals surface area contributed by atoms with E-state index in [4.69, 9.17) is 21.1 Å².